The summed E-state index contributed by atoms with van der Waals surface area (Å²) >= 11 is 3.47. The van der Waals surface area contributed by atoms with Gasteiger partial charge in [-0.05, 0) is 58.7 Å². The molecule has 2 nitrogen and oxygen atoms in total. The minimum atomic E-state index is -0.391. The van der Waals surface area contributed by atoms with Crippen molar-refractivity contribution >= 4 is 15.9 Å². The second kappa shape index (κ2) is 4.57. The van der Waals surface area contributed by atoms with Crippen molar-refractivity contribution in [3.63, 3.8) is 0 Å². The van der Waals surface area contributed by atoms with Gasteiger partial charge in [0.05, 0.1) is 11.2 Å². The van der Waals surface area contributed by atoms with Gasteiger partial charge >= 0.3 is 0 Å². The highest BCUT2D eigenvalue weighted by molar-refractivity contribution is 9.10. The standard InChI is InChI=1S/C16H24BrNO/c1-14(2)10-13(15(3,4)19-14)16(5,18)11-6-8-12(17)9-7-11/h6-9,13H,10,18H2,1-5H3. The topological polar surface area (TPSA) is 35.2 Å². The van der Waals surface area contributed by atoms with Crippen LogP contribution in [0.15, 0.2) is 28.7 Å². The number of ether oxygens (including phenoxy) is 1. The highest BCUT2D eigenvalue weighted by Gasteiger charge is 2.52. The number of hydrogen-bond donors (Lipinski definition) is 1. The fourth-order valence-corrected chi connectivity index (χ4v) is 3.77. The first kappa shape index (κ1) is 15.0. The zero-order chi connectivity index (χ0) is 14.5. The van der Waals surface area contributed by atoms with Gasteiger partial charge in [0.15, 0.2) is 0 Å². The zero-order valence-corrected chi connectivity index (χ0v) is 14.0. The number of halogens is 1. The largest absolute Gasteiger partial charge is 0.369 e. The summed E-state index contributed by atoms with van der Waals surface area (Å²) in [5.74, 6) is 0.288. The number of nitrogens with two attached hydrogens (primary N) is 1. The van der Waals surface area contributed by atoms with Crippen molar-refractivity contribution in [1.29, 1.82) is 0 Å². The summed E-state index contributed by atoms with van der Waals surface area (Å²) in [6.07, 6.45) is 0.975. The fraction of sp³-hybridized carbons (Fsp3) is 0.625. The van der Waals surface area contributed by atoms with Crippen molar-refractivity contribution in [2.75, 3.05) is 0 Å². The third-order valence-electron chi connectivity index (χ3n) is 4.26. The molecule has 0 aliphatic carbocycles. The molecule has 3 heteroatoms. The Bertz CT molecular complexity index is 462. The lowest BCUT2D eigenvalue weighted by molar-refractivity contribution is -0.0814. The first-order valence-corrected chi connectivity index (χ1v) is 7.59. The summed E-state index contributed by atoms with van der Waals surface area (Å²) in [6.45, 7) is 10.7. The van der Waals surface area contributed by atoms with Crippen LogP contribution in [-0.4, -0.2) is 11.2 Å². The number of rotatable bonds is 2. The van der Waals surface area contributed by atoms with Crippen molar-refractivity contribution in [3.05, 3.63) is 34.3 Å². The van der Waals surface area contributed by atoms with Gasteiger partial charge in [-0.3, -0.25) is 0 Å². The SMILES string of the molecule is CC1(C)CC(C(C)(N)c2ccc(Br)cc2)C(C)(C)O1. The Kier molecular flexibility index (Phi) is 3.62. The van der Waals surface area contributed by atoms with E-state index < -0.39 is 5.54 Å². The molecule has 2 atom stereocenters. The Balaban J connectivity index is 2.36. The molecule has 1 heterocycles. The Labute approximate surface area is 124 Å². The van der Waals surface area contributed by atoms with Crippen molar-refractivity contribution in [3.8, 4) is 0 Å². The highest BCUT2D eigenvalue weighted by Crippen LogP contribution is 2.49. The van der Waals surface area contributed by atoms with E-state index in [4.69, 9.17) is 10.5 Å². The van der Waals surface area contributed by atoms with E-state index in [0.29, 0.717) is 0 Å². The average Bonchev–Trinajstić information content (AvgIpc) is 2.48. The predicted molar refractivity (Wildman–Crippen MR) is 83.0 cm³/mol. The Morgan fingerprint density at radius 3 is 2.16 bits per heavy atom. The Morgan fingerprint density at radius 2 is 1.74 bits per heavy atom. The molecule has 1 aliphatic heterocycles. The molecule has 0 radical (unpaired) electrons. The first-order valence-electron chi connectivity index (χ1n) is 6.80. The smallest absolute Gasteiger partial charge is 0.0683 e. The van der Waals surface area contributed by atoms with Gasteiger partial charge in [-0.15, -0.1) is 0 Å². The van der Waals surface area contributed by atoms with Crippen LogP contribution in [0.5, 0.6) is 0 Å². The second-order valence-corrected chi connectivity index (χ2v) is 7.93. The van der Waals surface area contributed by atoms with Gasteiger partial charge in [0.1, 0.15) is 0 Å². The van der Waals surface area contributed by atoms with Gasteiger partial charge in [-0.2, -0.15) is 0 Å². The minimum Gasteiger partial charge on any atom is -0.369 e. The van der Waals surface area contributed by atoms with E-state index in [2.05, 4.69) is 62.7 Å². The van der Waals surface area contributed by atoms with Crippen LogP contribution >= 0.6 is 15.9 Å². The molecule has 1 aromatic carbocycles. The molecular weight excluding hydrogens is 302 g/mol. The van der Waals surface area contributed by atoms with E-state index in [0.717, 1.165) is 16.5 Å². The molecule has 0 saturated carbocycles. The van der Waals surface area contributed by atoms with Crippen LogP contribution in [0.1, 0.15) is 46.6 Å². The van der Waals surface area contributed by atoms with Crippen LogP contribution in [0.3, 0.4) is 0 Å². The van der Waals surface area contributed by atoms with Crippen LogP contribution < -0.4 is 5.73 Å². The van der Waals surface area contributed by atoms with Crippen LogP contribution in [0.25, 0.3) is 0 Å². The third-order valence-corrected chi connectivity index (χ3v) is 4.79. The summed E-state index contributed by atoms with van der Waals surface area (Å²) in [5, 5.41) is 0. The van der Waals surface area contributed by atoms with Crippen molar-refractivity contribution in [2.24, 2.45) is 11.7 Å². The molecule has 1 aromatic rings. The van der Waals surface area contributed by atoms with Crippen LogP contribution in [0.2, 0.25) is 0 Å². The summed E-state index contributed by atoms with van der Waals surface area (Å²) in [5.41, 5.74) is 7.15. The number of hydrogen-bond acceptors (Lipinski definition) is 2. The summed E-state index contributed by atoms with van der Waals surface area (Å²) in [4.78, 5) is 0. The highest BCUT2D eigenvalue weighted by atomic mass is 79.9. The van der Waals surface area contributed by atoms with E-state index in [1.54, 1.807) is 0 Å². The molecule has 0 amide bonds. The molecule has 1 saturated heterocycles. The molecule has 1 fully saturated rings. The van der Waals surface area contributed by atoms with E-state index in [9.17, 15) is 0 Å². The van der Waals surface area contributed by atoms with Crippen molar-refractivity contribution in [2.45, 2.75) is 57.8 Å². The van der Waals surface area contributed by atoms with E-state index >= 15 is 0 Å². The Hall–Kier alpha value is -0.380. The summed E-state index contributed by atoms with van der Waals surface area (Å²) in [7, 11) is 0. The Morgan fingerprint density at radius 1 is 1.21 bits per heavy atom. The monoisotopic (exact) mass is 325 g/mol. The molecule has 0 bridgehead atoms. The molecule has 1 aliphatic rings. The maximum Gasteiger partial charge on any atom is 0.0683 e. The molecule has 19 heavy (non-hydrogen) atoms. The van der Waals surface area contributed by atoms with Gasteiger partial charge in [0.25, 0.3) is 0 Å². The lowest BCUT2D eigenvalue weighted by Gasteiger charge is -2.39. The third kappa shape index (κ3) is 2.88. The molecule has 2 rings (SSSR count). The van der Waals surface area contributed by atoms with Gasteiger partial charge in [-0.1, -0.05) is 28.1 Å². The predicted octanol–water partition coefficient (Wildman–Crippen LogP) is 4.22. The van der Waals surface area contributed by atoms with Crippen LogP contribution in [-0.2, 0) is 10.3 Å². The fourth-order valence-electron chi connectivity index (χ4n) is 3.51. The zero-order valence-electron chi connectivity index (χ0n) is 12.5. The quantitative estimate of drug-likeness (QED) is 0.883. The molecular formula is C16H24BrNO. The molecule has 2 N–H and O–H groups in total. The lowest BCUT2D eigenvalue weighted by atomic mass is 9.70. The average molecular weight is 326 g/mol. The van der Waals surface area contributed by atoms with Gasteiger partial charge < -0.3 is 10.5 Å². The maximum absolute atomic E-state index is 6.69. The summed E-state index contributed by atoms with van der Waals surface area (Å²) < 4.78 is 7.27. The van der Waals surface area contributed by atoms with Gasteiger partial charge in [0, 0.05) is 15.9 Å². The van der Waals surface area contributed by atoms with Crippen LogP contribution in [0, 0.1) is 5.92 Å². The van der Waals surface area contributed by atoms with E-state index in [-0.39, 0.29) is 17.1 Å². The lowest BCUT2D eigenvalue weighted by Crippen LogP contribution is -2.48. The first-order chi connectivity index (χ1) is 8.55. The van der Waals surface area contributed by atoms with E-state index in [1.165, 1.54) is 0 Å². The molecule has 0 spiro atoms. The molecule has 0 aromatic heterocycles. The van der Waals surface area contributed by atoms with Crippen molar-refractivity contribution < 1.29 is 4.74 Å². The number of benzene rings is 1. The van der Waals surface area contributed by atoms with Gasteiger partial charge in [-0.25, -0.2) is 0 Å². The summed E-state index contributed by atoms with van der Waals surface area (Å²) in [6, 6.07) is 8.31. The van der Waals surface area contributed by atoms with E-state index in [1.807, 2.05) is 12.1 Å². The molecule has 106 valence electrons. The van der Waals surface area contributed by atoms with Crippen LogP contribution in [0.4, 0.5) is 0 Å². The maximum atomic E-state index is 6.69. The second-order valence-electron chi connectivity index (χ2n) is 7.01. The van der Waals surface area contributed by atoms with Gasteiger partial charge in [0.2, 0.25) is 0 Å². The minimum absolute atomic E-state index is 0.107. The normalized spacial score (nSPS) is 28.1. The molecule has 2 unspecified atom stereocenters. The van der Waals surface area contributed by atoms with Crippen molar-refractivity contribution in [1.82, 2.24) is 0 Å².